The van der Waals surface area contributed by atoms with E-state index in [9.17, 15) is 0 Å². The lowest BCUT2D eigenvalue weighted by Crippen LogP contribution is -2.28. The van der Waals surface area contributed by atoms with Crippen LogP contribution in [-0.4, -0.2) is 22.3 Å². The number of rotatable bonds is 7. The molecule has 3 heterocycles. The van der Waals surface area contributed by atoms with Crippen LogP contribution in [0.4, 0.5) is 17.1 Å². The van der Waals surface area contributed by atoms with Crippen LogP contribution >= 0.6 is 0 Å². The summed E-state index contributed by atoms with van der Waals surface area (Å²) in [7, 11) is 0. The minimum atomic E-state index is 0.186. The van der Waals surface area contributed by atoms with Crippen molar-refractivity contribution in [1.29, 1.82) is 0 Å². The Bertz CT molecular complexity index is 2240. The number of allylic oxidation sites excluding steroid dienone is 10. The molecule has 1 atom stereocenters. The summed E-state index contributed by atoms with van der Waals surface area (Å²) in [6.07, 6.45) is 26.0. The van der Waals surface area contributed by atoms with Gasteiger partial charge in [-0.25, -0.2) is 10.4 Å². The Morgan fingerprint density at radius 2 is 1.53 bits per heavy atom. The number of para-hydroxylation sites is 2. The zero-order valence-electron chi connectivity index (χ0n) is 32.2. The van der Waals surface area contributed by atoms with Gasteiger partial charge >= 0.3 is 0 Å². The minimum Gasteiger partial charge on any atom is -0.405 e. The minimum absolute atomic E-state index is 0.186. The average Bonchev–Trinajstić information content (AvgIpc) is 3.47. The molecule has 5 aromatic rings. The number of nitrogens with two attached hydrogens (primary N) is 1. The molecule has 0 fully saturated rings. The molecule has 0 spiro atoms. The first-order valence-electron chi connectivity index (χ1n) is 19.0. The van der Waals surface area contributed by atoms with Gasteiger partial charge in [0.25, 0.3) is 0 Å². The highest BCUT2D eigenvalue weighted by atomic mass is 15.3. The molecule has 1 aliphatic carbocycles. The van der Waals surface area contributed by atoms with Crippen molar-refractivity contribution in [3.05, 3.63) is 199 Å². The standard InChI is InChI=1S/C26H26N4.C20H19N3.C2H6/c1-19-29-25-17-23(21-13-15-27-28-16-14-21)24(20-9-5-2-3-6-10-20)18-26(25)30(19)22-11-7-4-8-12-22;1-16-22-19(15-23(16)20-10-6-3-7-11-20)14-18(12-13-21)17-8-4-2-5-9-17;1-2/h2,4-15,17-19,27-29H,3,16H2,1H3;2-15H,21H2,1H3;1-2H3/b;13-12-,18-14+;. The van der Waals surface area contributed by atoms with Gasteiger partial charge in [-0.05, 0) is 115 Å². The van der Waals surface area contributed by atoms with Gasteiger partial charge in [0, 0.05) is 30.3 Å². The summed E-state index contributed by atoms with van der Waals surface area (Å²) in [5.74, 6) is 0.951. The van der Waals surface area contributed by atoms with Crippen molar-refractivity contribution in [2.24, 2.45) is 5.73 Å². The molecular formula is C48H51N7. The fourth-order valence-electron chi connectivity index (χ4n) is 6.80. The fourth-order valence-corrected chi connectivity index (χ4v) is 6.80. The van der Waals surface area contributed by atoms with Gasteiger partial charge < -0.3 is 25.9 Å². The Balaban J connectivity index is 0.000000185. The van der Waals surface area contributed by atoms with Gasteiger partial charge in [-0.15, -0.1) is 0 Å². The van der Waals surface area contributed by atoms with E-state index in [-0.39, 0.29) is 6.17 Å². The van der Waals surface area contributed by atoms with Crippen LogP contribution in [0.1, 0.15) is 55.4 Å². The summed E-state index contributed by atoms with van der Waals surface area (Å²) in [5, 5.41) is 3.68. The molecule has 4 aromatic carbocycles. The molecule has 278 valence electrons. The molecule has 0 bridgehead atoms. The zero-order valence-corrected chi connectivity index (χ0v) is 32.2. The molecule has 2 aliphatic heterocycles. The lowest BCUT2D eigenvalue weighted by atomic mass is 9.92. The third kappa shape index (κ3) is 9.33. The number of anilines is 3. The smallest absolute Gasteiger partial charge is 0.110 e. The van der Waals surface area contributed by atoms with E-state index in [4.69, 9.17) is 5.73 Å². The highest BCUT2D eigenvalue weighted by Gasteiger charge is 2.29. The molecule has 0 radical (unpaired) electrons. The molecule has 7 nitrogen and oxygen atoms in total. The molecule has 0 amide bonds. The molecule has 5 N–H and O–H groups in total. The fraction of sp³-hybridized carbons (Fsp3) is 0.146. The first-order valence-corrected chi connectivity index (χ1v) is 19.0. The second kappa shape index (κ2) is 19.0. The van der Waals surface area contributed by atoms with Crippen molar-refractivity contribution >= 4 is 39.9 Å². The van der Waals surface area contributed by atoms with E-state index >= 15 is 0 Å². The summed E-state index contributed by atoms with van der Waals surface area (Å²) < 4.78 is 2.08. The Morgan fingerprint density at radius 3 is 2.25 bits per heavy atom. The summed E-state index contributed by atoms with van der Waals surface area (Å²) in [5.41, 5.74) is 24.5. The number of hydrogen-bond acceptors (Lipinski definition) is 6. The number of aromatic nitrogens is 2. The number of hydrazine groups is 1. The second-order valence-electron chi connectivity index (χ2n) is 12.9. The Hall–Kier alpha value is -6.57. The van der Waals surface area contributed by atoms with E-state index in [0.29, 0.717) is 0 Å². The number of fused-ring (bicyclic) bond motifs is 1. The molecule has 8 rings (SSSR count). The van der Waals surface area contributed by atoms with Gasteiger partial charge in [0.05, 0.1) is 17.1 Å². The van der Waals surface area contributed by atoms with E-state index in [1.165, 1.54) is 39.3 Å². The highest BCUT2D eigenvalue weighted by Crippen LogP contribution is 2.44. The van der Waals surface area contributed by atoms with Crippen LogP contribution < -0.4 is 26.8 Å². The van der Waals surface area contributed by atoms with Crippen molar-refractivity contribution in [3.63, 3.8) is 0 Å². The molecule has 7 heteroatoms. The van der Waals surface area contributed by atoms with E-state index in [1.54, 1.807) is 6.20 Å². The first kappa shape index (κ1) is 38.2. The topological polar surface area (TPSA) is 83.2 Å². The van der Waals surface area contributed by atoms with Crippen LogP contribution in [0, 0.1) is 6.92 Å². The zero-order chi connectivity index (χ0) is 38.4. The normalized spacial score (nSPS) is 16.0. The number of benzene rings is 4. The Kier molecular flexibility index (Phi) is 13.2. The molecule has 3 aliphatic rings. The highest BCUT2D eigenvalue weighted by molar-refractivity contribution is 5.95. The number of hydrogen-bond donors (Lipinski definition) is 4. The van der Waals surface area contributed by atoms with Gasteiger partial charge in [-0.3, -0.25) is 0 Å². The summed E-state index contributed by atoms with van der Waals surface area (Å²) in [4.78, 5) is 7.02. The van der Waals surface area contributed by atoms with Crippen molar-refractivity contribution in [2.45, 2.75) is 40.3 Å². The lowest BCUT2D eigenvalue weighted by molar-refractivity contribution is 0.687. The number of imidazole rings is 1. The third-order valence-corrected chi connectivity index (χ3v) is 9.28. The molecule has 1 unspecified atom stereocenters. The number of nitrogens with zero attached hydrogens (tertiary/aromatic N) is 3. The van der Waals surface area contributed by atoms with Crippen molar-refractivity contribution in [1.82, 2.24) is 20.4 Å². The Labute approximate surface area is 326 Å². The van der Waals surface area contributed by atoms with Crippen LogP contribution in [0.2, 0.25) is 0 Å². The number of aryl methyl sites for hydroxylation is 1. The van der Waals surface area contributed by atoms with Gasteiger partial charge in [-0.2, -0.15) is 0 Å². The first-order chi connectivity index (χ1) is 27.1. The average molecular weight is 726 g/mol. The van der Waals surface area contributed by atoms with Crippen molar-refractivity contribution < 1.29 is 0 Å². The quantitative estimate of drug-likeness (QED) is 0.125. The van der Waals surface area contributed by atoms with E-state index in [1.807, 2.05) is 81.7 Å². The van der Waals surface area contributed by atoms with E-state index < -0.39 is 0 Å². The molecule has 55 heavy (non-hydrogen) atoms. The van der Waals surface area contributed by atoms with Crippen LogP contribution in [0.5, 0.6) is 0 Å². The van der Waals surface area contributed by atoms with E-state index in [0.717, 1.165) is 41.3 Å². The maximum absolute atomic E-state index is 5.60. The largest absolute Gasteiger partial charge is 0.405 e. The third-order valence-electron chi connectivity index (χ3n) is 9.28. The summed E-state index contributed by atoms with van der Waals surface area (Å²) in [6, 6.07) is 35.6. The van der Waals surface area contributed by atoms with Crippen LogP contribution in [0.25, 0.3) is 28.5 Å². The van der Waals surface area contributed by atoms with Gasteiger partial charge in [0.15, 0.2) is 0 Å². The maximum atomic E-state index is 5.60. The number of nitrogens with one attached hydrogen (secondary N) is 3. The lowest BCUT2D eigenvalue weighted by Gasteiger charge is -2.24. The monoisotopic (exact) mass is 725 g/mol. The molecule has 0 saturated carbocycles. The molecular weight excluding hydrogens is 675 g/mol. The summed E-state index contributed by atoms with van der Waals surface area (Å²) in [6.45, 7) is 8.98. The predicted molar refractivity (Wildman–Crippen MR) is 235 cm³/mol. The van der Waals surface area contributed by atoms with Crippen molar-refractivity contribution in [3.8, 4) is 5.69 Å². The Morgan fingerprint density at radius 1 is 0.836 bits per heavy atom. The van der Waals surface area contributed by atoms with Crippen LogP contribution in [0.15, 0.2) is 170 Å². The second-order valence-corrected chi connectivity index (χ2v) is 12.9. The van der Waals surface area contributed by atoms with Crippen LogP contribution in [-0.2, 0) is 0 Å². The summed E-state index contributed by atoms with van der Waals surface area (Å²) >= 11 is 0. The van der Waals surface area contributed by atoms with Gasteiger partial charge in [-0.1, -0.05) is 117 Å². The predicted octanol–water partition coefficient (Wildman–Crippen LogP) is 10.7. The van der Waals surface area contributed by atoms with Crippen molar-refractivity contribution in [2.75, 3.05) is 16.8 Å². The SMILES string of the molecule is CC.CC1Nc2cc(C3=CCNNC=C3)c(C3=CC=CCC=C3)cc2N1c1ccccc1.Cc1nc(/C=C(\C=C/N)c2ccccc2)cn1-c1ccccc1. The van der Waals surface area contributed by atoms with Crippen LogP contribution in [0.3, 0.4) is 0 Å². The van der Waals surface area contributed by atoms with Gasteiger partial charge in [0.1, 0.15) is 12.0 Å². The van der Waals surface area contributed by atoms with Gasteiger partial charge in [0.2, 0.25) is 0 Å². The van der Waals surface area contributed by atoms with E-state index in [2.05, 4.69) is 147 Å². The molecule has 1 aromatic heterocycles. The molecule has 0 saturated heterocycles. The maximum Gasteiger partial charge on any atom is 0.110 e.